The van der Waals surface area contributed by atoms with E-state index in [1.54, 1.807) is 6.92 Å². The Bertz CT molecular complexity index is 921. The molecule has 24 heavy (non-hydrogen) atoms. The lowest BCUT2D eigenvalue weighted by atomic mass is 10.2. The molecule has 0 bridgehead atoms. The lowest BCUT2D eigenvalue weighted by Crippen LogP contribution is -2.31. The largest absolute Gasteiger partial charge is 0.295 e. The number of anilines is 1. The maximum Gasteiger partial charge on any atom is 0.295 e. The fourth-order valence-corrected chi connectivity index (χ4v) is 3.81. The van der Waals surface area contributed by atoms with E-state index in [0.29, 0.717) is 5.56 Å². The Hall–Kier alpha value is -2.63. The van der Waals surface area contributed by atoms with Crippen LogP contribution in [0.2, 0.25) is 5.02 Å². The van der Waals surface area contributed by atoms with E-state index in [-0.39, 0.29) is 22.2 Å². The molecule has 7 nitrogen and oxygen atoms in total. The first-order chi connectivity index (χ1) is 11.3. The molecule has 2 aromatic rings. The molecular weight excluding hydrogens is 354 g/mol. The standard InChI is InChI=1S/C15H12ClN3O4S/c1-2-18(14-8-5-12(16)9-15(14)19(20)21)24(22,23)13-6-3-11(10-17)4-7-13/h3-9H,2H2,1H3. The summed E-state index contributed by atoms with van der Waals surface area (Å²) in [6, 6.07) is 11.0. The maximum atomic E-state index is 12.8. The third-order valence-corrected chi connectivity index (χ3v) is 5.40. The maximum absolute atomic E-state index is 12.8. The van der Waals surface area contributed by atoms with Crippen molar-refractivity contribution in [3.63, 3.8) is 0 Å². The van der Waals surface area contributed by atoms with Crippen molar-refractivity contribution in [2.75, 3.05) is 10.8 Å². The highest BCUT2D eigenvalue weighted by atomic mass is 35.5. The van der Waals surface area contributed by atoms with Crippen LogP contribution in [0, 0.1) is 21.4 Å². The number of sulfonamides is 1. The quantitative estimate of drug-likeness (QED) is 0.597. The minimum atomic E-state index is -4.02. The third-order valence-electron chi connectivity index (χ3n) is 3.26. The average Bonchev–Trinajstić information content (AvgIpc) is 2.56. The molecule has 0 amide bonds. The van der Waals surface area contributed by atoms with Crippen LogP contribution in [0.5, 0.6) is 0 Å². The predicted octanol–water partition coefficient (Wildman–Crippen LogP) is 3.34. The SMILES string of the molecule is CCN(c1ccc(Cl)cc1[N+](=O)[O-])S(=O)(=O)c1ccc(C#N)cc1. The van der Waals surface area contributed by atoms with Gasteiger partial charge in [-0.25, -0.2) is 8.42 Å². The second-order valence-electron chi connectivity index (χ2n) is 4.70. The molecule has 0 N–H and O–H groups in total. The average molecular weight is 366 g/mol. The van der Waals surface area contributed by atoms with Crippen molar-refractivity contribution in [3.8, 4) is 6.07 Å². The lowest BCUT2D eigenvalue weighted by molar-refractivity contribution is -0.384. The van der Waals surface area contributed by atoms with Crippen LogP contribution in [0.3, 0.4) is 0 Å². The Morgan fingerprint density at radius 3 is 2.38 bits per heavy atom. The molecule has 0 unspecified atom stereocenters. The lowest BCUT2D eigenvalue weighted by Gasteiger charge is -2.22. The van der Waals surface area contributed by atoms with Crippen LogP contribution in [-0.2, 0) is 10.0 Å². The van der Waals surface area contributed by atoms with Gasteiger partial charge in [-0.3, -0.25) is 14.4 Å². The minimum Gasteiger partial charge on any atom is -0.260 e. The molecule has 0 atom stereocenters. The molecule has 2 aromatic carbocycles. The Morgan fingerprint density at radius 2 is 1.88 bits per heavy atom. The van der Waals surface area contributed by atoms with Crippen molar-refractivity contribution in [2.45, 2.75) is 11.8 Å². The highest BCUT2D eigenvalue weighted by Crippen LogP contribution is 2.34. The number of halogens is 1. The van der Waals surface area contributed by atoms with E-state index in [0.717, 1.165) is 10.4 Å². The smallest absolute Gasteiger partial charge is 0.260 e. The summed E-state index contributed by atoms with van der Waals surface area (Å²) in [5, 5.41) is 20.2. The van der Waals surface area contributed by atoms with Gasteiger partial charge in [0.1, 0.15) is 5.69 Å². The van der Waals surface area contributed by atoms with Crippen LogP contribution in [0.25, 0.3) is 0 Å². The first kappa shape index (κ1) is 17.7. The Kier molecular flexibility index (Phi) is 5.07. The van der Waals surface area contributed by atoms with E-state index in [4.69, 9.17) is 16.9 Å². The van der Waals surface area contributed by atoms with Crippen LogP contribution in [-0.4, -0.2) is 19.9 Å². The fraction of sp³-hybridized carbons (Fsp3) is 0.133. The second kappa shape index (κ2) is 6.86. The van der Waals surface area contributed by atoms with Gasteiger partial charge < -0.3 is 0 Å². The summed E-state index contributed by atoms with van der Waals surface area (Å²) in [4.78, 5) is 10.5. The molecule has 0 saturated carbocycles. The van der Waals surface area contributed by atoms with Crippen molar-refractivity contribution < 1.29 is 13.3 Å². The van der Waals surface area contributed by atoms with E-state index in [2.05, 4.69) is 0 Å². The van der Waals surface area contributed by atoms with Crippen molar-refractivity contribution in [1.82, 2.24) is 0 Å². The van der Waals surface area contributed by atoms with Gasteiger partial charge in [0.25, 0.3) is 15.7 Å². The van der Waals surface area contributed by atoms with Crippen molar-refractivity contribution in [2.24, 2.45) is 0 Å². The molecule has 0 radical (unpaired) electrons. The summed E-state index contributed by atoms with van der Waals surface area (Å²) in [5.41, 5.74) is -0.160. The number of nitro groups is 1. The molecule has 9 heteroatoms. The highest BCUT2D eigenvalue weighted by Gasteiger charge is 2.29. The molecular formula is C15H12ClN3O4S. The number of benzene rings is 2. The van der Waals surface area contributed by atoms with Gasteiger partial charge >= 0.3 is 0 Å². The summed E-state index contributed by atoms with van der Waals surface area (Å²) in [6.07, 6.45) is 0. The highest BCUT2D eigenvalue weighted by molar-refractivity contribution is 7.92. The van der Waals surface area contributed by atoms with Crippen molar-refractivity contribution in [1.29, 1.82) is 5.26 Å². The summed E-state index contributed by atoms with van der Waals surface area (Å²) < 4.78 is 26.6. The topological polar surface area (TPSA) is 104 Å². The zero-order valence-corrected chi connectivity index (χ0v) is 14.1. The van der Waals surface area contributed by atoms with E-state index in [9.17, 15) is 18.5 Å². The van der Waals surface area contributed by atoms with E-state index in [1.807, 2.05) is 6.07 Å². The van der Waals surface area contributed by atoms with Crippen LogP contribution >= 0.6 is 11.6 Å². The number of hydrogen-bond donors (Lipinski definition) is 0. The van der Waals surface area contributed by atoms with Crippen molar-refractivity contribution in [3.05, 3.63) is 63.2 Å². The molecule has 0 spiro atoms. The molecule has 0 heterocycles. The summed E-state index contributed by atoms with van der Waals surface area (Å²) >= 11 is 5.77. The Balaban J connectivity index is 2.59. The zero-order valence-electron chi connectivity index (χ0n) is 12.5. The van der Waals surface area contributed by atoms with Gasteiger partial charge in [-0.2, -0.15) is 5.26 Å². The van der Waals surface area contributed by atoms with Gasteiger partial charge in [0.05, 0.1) is 21.5 Å². The molecule has 0 aliphatic carbocycles. The zero-order chi connectivity index (χ0) is 17.9. The van der Waals surface area contributed by atoms with Crippen LogP contribution in [0.1, 0.15) is 12.5 Å². The molecule has 124 valence electrons. The van der Waals surface area contributed by atoms with Gasteiger partial charge in [0.2, 0.25) is 0 Å². The van der Waals surface area contributed by atoms with Crippen LogP contribution in [0.4, 0.5) is 11.4 Å². The molecule has 0 aliphatic heterocycles. The van der Waals surface area contributed by atoms with Crippen LogP contribution < -0.4 is 4.31 Å². The predicted molar refractivity (Wildman–Crippen MR) is 89.5 cm³/mol. The Morgan fingerprint density at radius 1 is 1.25 bits per heavy atom. The fourth-order valence-electron chi connectivity index (χ4n) is 2.15. The van der Waals surface area contributed by atoms with Crippen molar-refractivity contribution >= 4 is 33.0 Å². The van der Waals surface area contributed by atoms with E-state index < -0.39 is 20.6 Å². The summed E-state index contributed by atoms with van der Waals surface area (Å²) in [7, 11) is -4.02. The monoisotopic (exact) mass is 365 g/mol. The third kappa shape index (κ3) is 3.32. The first-order valence-corrected chi connectivity index (χ1v) is 8.60. The molecule has 0 aromatic heterocycles. The molecule has 0 fully saturated rings. The second-order valence-corrected chi connectivity index (χ2v) is 6.99. The number of nitrogens with zero attached hydrogens (tertiary/aromatic N) is 3. The number of rotatable bonds is 5. The normalized spacial score (nSPS) is 10.9. The van der Waals surface area contributed by atoms with Gasteiger partial charge in [0.15, 0.2) is 0 Å². The van der Waals surface area contributed by atoms with Crippen LogP contribution in [0.15, 0.2) is 47.4 Å². The Labute approximate surface area is 143 Å². The van der Waals surface area contributed by atoms with Gasteiger partial charge in [0, 0.05) is 17.6 Å². The number of nitro benzene ring substituents is 1. The molecule has 0 aliphatic rings. The van der Waals surface area contributed by atoms with Gasteiger partial charge in [-0.15, -0.1) is 0 Å². The van der Waals surface area contributed by atoms with E-state index >= 15 is 0 Å². The number of nitriles is 1. The van der Waals surface area contributed by atoms with E-state index in [1.165, 1.54) is 36.4 Å². The van der Waals surface area contributed by atoms with Gasteiger partial charge in [-0.1, -0.05) is 11.6 Å². The van der Waals surface area contributed by atoms with Gasteiger partial charge in [-0.05, 0) is 43.3 Å². The molecule has 0 saturated heterocycles. The number of hydrogen-bond acceptors (Lipinski definition) is 5. The summed E-state index contributed by atoms with van der Waals surface area (Å²) in [6.45, 7) is 1.56. The minimum absolute atomic E-state index is 0.00912. The summed E-state index contributed by atoms with van der Waals surface area (Å²) in [5.74, 6) is 0. The first-order valence-electron chi connectivity index (χ1n) is 6.78. The molecule has 2 rings (SSSR count).